The van der Waals surface area contributed by atoms with Gasteiger partial charge in [0.05, 0.1) is 4.90 Å². The number of benzene rings is 2. The number of aryl methyl sites for hydroxylation is 2. The first-order valence-electron chi connectivity index (χ1n) is 6.70. The van der Waals surface area contributed by atoms with Crippen LogP contribution >= 0.6 is 0 Å². The zero-order valence-electron chi connectivity index (χ0n) is 12.7. The van der Waals surface area contributed by atoms with Gasteiger partial charge in [0.1, 0.15) is 0 Å². The molecule has 0 spiro atoms. The van der Waals surface area contributed by atoms with Crippen LogP contribution in [0.5, 0.6) is 0 Å². The van der Waals surface area contributed by atoms with Crippen LogP contribution in [-0.2, 0) is 10.0 Å². The van der Waals surface area contributed by atoms with E-state index in [4.69, 9.17) is 5.14 Å². The van der Waals surface area contributed by atoms with Gasteiger partial charge in [-0.25, -0.2) is 13.6 Å². The SMILES string of the molecule is Cc1ccc(NC(=O)c2cc(C)c(C)c(S(N)(=O)=O)c2)cc1. The highest BCUT2D eigenvalue weighted by Gasteiger charge is 2.17. The molecule has 0 aliphatic carbocycles. The Balaban J connectivity index is 2.38. The van der Waals surface area contributed by atoms with Crippen molar-refractivity contribution in [1.29, 1.82) is 0 Å². The van der Waals surface area contributed by atoms with Crippen LogP contribution < -0.4 is 10.5 Å². The molecule has 0 aliphatic rings. The van der Waals surface area contributed by atoms with Crippen molar-refractivity contribution in [2.45, 2.75) is 25.7 Å². The molecular weight excluding hydrogens is 300 g/mol. The van der Waals surface area contributed by atoms with E-state index in [1.54, 1.807) is 32.0 Å². The van der Waals surface area contributed by atoms with Gasteiger partial charge >= 0.3 is 0 Å². The number of sulfonamides is 1. The van der Waals surface area contributed by atoms with E-state index in [-0.39, 0.29) is 16.4 Å². The minimum atomic E-state index is -3.87. The van der Waals surface area contributed by atoms with Gasteiger partial charge in [-0.05, 0) is 56.2 Å². The molecule has 0 unspecified atom stereocenters. The summed E-state index contributed by atoms with van der Waals surface area (Å²) in [5, 5.41) is 7.94. The summed E-state index contributed by atoms with van der Waals surface area (Å²) in [5.41, 5.74) is 3.23. The highest BCUT2D eigenvalue weighted by molar-refractivity contribution is 7.89. The van der Waals surface area contributed by atoms with Crippen molar-refractivity contribution in [3.05, 3.63) is 58.7 Å². The number of anilines is 1. The summed E-state index contributed by atoms with van der Waals surface area (Å²) in [6.07, 6.45) is 0. The van der Waals surface area contributed by atoms with Gasteiger partial charge in [0.2, 0.25) is 10.0 Å². The Labute approximate surface area is 130 Å². The molecule has 0 heterocycles. The standard InChI is InChI=1S/C16H18N2O3S/c1-10-4-6-14(7-5-10)18-16(19)13-8-11(2)12(3)15(9-13)22(17,20)21/h4-9H,1-3H3,(H,18,19)(H2,17,20,21). The molecule has 0 fully saturated rings. The quantitative estimate of drug-likeness (QED) is 0.911. The molecule has 0 saturated heterocycles. The summed E-state index contributed by atoms with van der Waals surface area (Å²) in [7, 11) is -3.87. The third-order valence-electron chi connectivity index (χ3n) is 3.50. The monoisotopic (exact) mass is 318 g/mol. The van der Waals surface area contributed by atoms with Gasteiger partial charge in [0.25, 0.3) is 5.91 Å². The molecule has 2 aromatic rings. The first-order valence-corrected chi connectivity index (χ1v) is 8.25. The van der Waals surface area contributed by atoms with E-state index in [0.29, 0.717) is 16.8 Å². The number of carbonyl (C=O) groups excluding carboxylic acids is 1. The third-order valence-corrected chi connectivity index (χ3v) is 4.53. The summed E-state index contributed by atoms with van der Waals surface area (Å²) in [6, 6.07) is 10.3. The number of amides is 1. The summed E-state index contributed by atoms with van der Waals surface area (Å²) in [4.78, 5) is 12.3. The van der Waals surface area contributed by atoms with Gasteiger partial charge in [-0.15, -0.1) is 0 Å². The summed E-state index contributed by atoms with van der Waals surface area (Å²) in [6.45, 7) is 5.36. The van der Waals surface area contributed by atoms with E-state index < -0.39 is 10.0 Å². The van der Waals surface area contributed by atoms with Gasteiger partial charge in [-0.2, -0.15) is 0 Å². The van der Waals surface area contributed by atoms with Gasteiger partial charge in [-0.3, -0.25) is 4.79 Å². The van der Waals surface area contributed by atoms with Crippen LogP contribution in [0.25, 0.3) is 0 Å². The fourth-order valence-corrected chi connectivity index (χ4v) is 2.97. The average Bonchev–Trinajstić information content (AvgIpc) is 2.42. The van der Waals surface area contributed by atoms with Crippen molar-refractivity contribution in [3.63, 3.8) is 0 Å². The summed E-state index contributed by atoms with van der Waals surface area (Å²) < 4.78 is 23.2. The second-order valence-electron chi connectivity index (χ2n) is 5.28. The lowest BCUT2D eigenvalue weighted by atomic mass is 10.1. The number of hydrogen-bond donors (Lipinski definition) is 2. The Kier molecular flexibility index (Phi) is 4.35. The highest BCUT2D eigenvalue weighted by atomic mass is 32.2. The molecule has 22 heavy (non-hydrogen) atoms. The second-order valence-corrected chi connectivity index (χ2v) is 6.81. The summed E-state index contributed by atoms with van der Waals surface area (Å²) in [5.74, 6) is -0.378. The number of rotatable bonds is 3. The van der Waals surface area contributed by atoms with Crippen molar-refractivity contribution in [2.24, 2.45) is 5.14 Å². The minimum Gasteiger partial charge on any atom is -0.322 e. The predicted molar refractivity (Wildman–Crippen MR) is 86.4 cm³/mol. The highest BCUT2D eigenvalue weighted by Crippen LogP contribution is 2.21. The number of carbonyl (C=O) groups is 1. The number of hydrogen-bond acceptors (Lipinski definition) is 3. The van der Waals surface area contributed by atoms with E-state index in [1.165, 1.54) is 6.07 Å². The molecule has 0 bridgehead atoms. The van der Waals surface area contributed by atoms with Crippen LogP contribution in [0.4, 0.5) is 5.69 Å². The lowest BCUT2D eigenvalue weighted by Gasteiger charge is -2.11. The molecule has 5 nitrogen and oxygen atoms in total. The van der Waals surface area contributed by atoms with Crippen LogP contribution in [0.15, 0.2) is 41.3 Å². The summed E-state index contributed by atoms with van der Waals surface area (Å²) >= 11 is 0. The van der Waals surface area contributed by atoms with Crippen molar-refractivity contribution >= 4 is 21.6 Å². The molecule has 0 aliphatic heterocycles. The maximum Gasteiger partial charge on any atom is 0.255 e. The van der Waals surface area contributed by atoms with Crippen molar-refractivity contribution in [1.82, 2.24) is 0 Å². The fourth-order valence-electron chi connectivity index (χ4n) is 2.09. The van der Waals surface area contributed by atoms with Gasteiger partial charge in [0, 0.05) is 11.3 Å². The van der Waals surface area contributed by atoms with Gasteiger partial charge in [0.15, 0.2) is 0 Å². The first kappa shape index (κ1) is 16.2. The van der Waals surface area contributed by atoms with Crippen molar-refractivity contribution in [2.75, 3.05) is 5.32 Å². The van der Waals surface area contributed by atoms with Gasteiger partial charge < -0.3 is 5.32 Å². The van der Waals surface area contributed by atoms with Crippen LogP contribution in [0.1, 0.15) is 27.0 Å². The maximum atomic E-state index is 12.3. The van der Waals surface area contributed by atoms with E-state index in [2.05, 4.69) is 5.32 Å². The van der Waals surface area contributed by atoms with Crippen LogP contribution in [0, 0.1) is 20.8 Å². The van der Waals surface area contributed by atoms with E-state index in [9.17, 15) is 13.2 Å². The van der Waals surface area contributed by atoms with Crippen LogP contribution in [0.2, 0.25) is 0 Å². The first-order chi connectivity index (χ1) is 10.2. The lowest BCUT2D eigenvalue weighted by molar-refractivity contribution is 0.102. The Morgan fingerprint density at radius 1 is 1.05 bits per heavy atom. The smallest absolute Gasteiger partial charge is 0.255 e. The van der Waals surface area contributed by atoms with Crippen LogP contribution in [0.3, 0.4) is 0 Å². The van der Waals surface area contributed by atoms with E-state index >= 15 is 0 Å². The topological polar surface area (TPSA) is 89.3 Å². The van der Waals surface area contributed by atoms with E-state index in [1.807, 2.05) is 19.1 Å². The Morgan fingerprint density at radius 3 is 2.18 bits per heavy atom. The maximum absolute atomic E-state index is 12.3. The van der Waals surface area contributed by atoms with Crippen molar-refractivity contribution in [3.8, 4) is 0 Å². The zero-order valence-corrected chi connectivity index (χ0v) is 13.5. The lowest BCUT2D eigenvalue weighted by Crippen LogP contribution is -2.17. The minimum absolute atomic E-state index is 0.0263. The fraction of sp³-hybridized carbons (Fsp3) is 0.188. The molecule has 0 radical (unpaired) electrons. The van der Waals surface area contributed by atoms with Gasteiger partial charge in [-0.1, -0.05) is 17.7 Å². The molecule has 116 valence electrons. The molecular formula is C16H18N2O3S. The Morgan fingerprint density at radius 2 is 1.64 bits per heavy atom. The molecule has 3 N–H and O–H groups in total. The van der Waals surface area contributed by atoms with Crippen molar-refractivity contribution < 1.29 is 13.2 Å². The predicted octanol–water partition coefficient (Wildman–Crippen LogP) is 2.51. The molecule has 0 aromatic heterocycles. The Hall–Kier alpha value is -2.18. The Bertz CT molecular complexity index is 825. The molecule has 2 aromatic carbocycles. The largest absolute Gasteiger partial charge is 0.322 e. The zero-order chi connectivity index (χ0) is 16.5. The third kappa shape index (κ3) is 3.52. The van der Waals surface area contributed by atoms with E-state index in [0.717, 1.165) is 5.56 Å². The molecule has 0 saturated carbocycles. The average molecular weight is 318 g/mol. The number of nitrogens with two attached hydrogens (primary N) is 1. The number of primary sulfonamides is 1. The molecule has 2 rings (SSSR count). The molecule has 0 atom stereocenters. The molecule has 1 amide bonds. The normalized spacial score (nSPS) is 11.3. The van der Waals surface area contributed by atoms with Crippen LogP contribution in [-0.4, -0.2) is 14.3 Å². The molecule has 6 heteroatoms. The number of nitrogens with one attached hydrogen (secondary N) is 1. The second kappa shape index (κ2) is 5.90.